The first-order valence-corrected chi connectivity index (χ1v) is 10.2. The molecule has 0 saturated carbocycles. The van der Waals surface area contributed by atoms with Crippen molar-refractivity contribution in [3.05, 3.63) is 90.0 Å². The van der Waals surface area contributed by atoms with Gasteiger partial charge in [0, 0.05) is 12.6 Å². The highest BCUT2D eigenvalue weighted by atomic mass is 32.2. The second kappa shape index (κ2) is 6.71. The molecule has 0 aromatic heterocycles. The van der Waals surface area contributed by atoms with Crippen molar-refractivity contribution in [1.29, 1.82) is 0 Å². The van der Waals surface area contributed by atoms with Gasteiger partial charge in [-0.25, -0.2) is 8.42 Å². The first-order chi connectivity index (χ1) is 12.6. The third-order valence-electron chi connectivity index (χ3n) is 5.02. The van der Waals surface area contributed by atoms with Crippen LogP contribution in [0.15, 0.2) is 83.8 Å². The summed E-state index contributed by atoms with van der Waals surface area (Å²) in [5, 5.41) is 0. The van der Waals surface area contributed by atoms with Crippen LogP contribution in [0.4, 0.5) is 0 Å². The lowest BCUT2D eigenvalue weighted by Crippen LogP contribution is -2.42. The quantitative estimate of drug-likeness (QED) is 0.688. The minimum Gasteiger partial charge on any atom is -0.207 e. The number of nitrogens with zero attached hydrogens (tertiary/aromatic N) is 1. The number of hydrogen-bond donors (Lipinski definition) is 0. The number of benzene rings is 3. The van der Waals surface area contributed by atoms with Crippen molar-refractivity contribution < 1.29 is 8.42 Å². The lowest BCUT2D eigenvalue weighted by molar-refractivity contribution is 0.309. The van der Waals surface area contributed by atoms with Gasteiger partial charge in [0.1, 0.15) is 0 Å². The van der Waals surface area contributed by atoms with Gasteiger partial charge in [-0.15, -0.1) is 0 Å². The predicted octanol–water partition coefficient (Wildman–Crippen LogP) is 4.49. The van der Waals surface area contributed by atoms with Crippen LogP contribution in [-0.4, -0.2) is 18.8 Å². The Balaban J connectivity index is 1.65. The number of fused-ring (bicyclic) bond motifs is 1. The highest BCUT2D eigenvalue weighted by Gasteiger charge is 2.33. The molecule has 0 fully saturated rings. The Morgan fingerprint density at radius 2 is 1.35 bits per heavy atom. The van der Waals surface area contributed by atoms with E-state index in [1.165, 1.54) is 5.56 Å². The van der Waals surface area contributed by atoms with Crippen molar-refractivity contribution in [2.75, 3.05) is 0 Å². The van der Waals surface area contributed by atoms with Crippen LogP contribution in [-0.2, 0) is 23.0 Å². The highest BCUT2D eigenvalue weighted by Crippen LogP contribution is 2.29. The van der Waals surface area contributed by atoms with Gasteiger partial charge in [0.2, 0.25) is 10.0 Å². The van der Waals surface area contributed by atoms with Gasteiger partial charge in [-0.05, 0) is 47.7 Å². The first kappa shape index (κ1) is 17.0. The lowest BCUT2D eigenvalue weighted by Gasteiger charge is -2.33. The molecule has 3 nitrogen and oxygen atoms in total. The van der Waals surface area contributed by atoms with Crippen LogP contribution in [0.5, 0.6) is 0 Å². The smallest absolute Gasteiger partial charge is 0.207 e. The monoisotopic (exact) mass is 363 g/mol. The van der Waals surface area contributed by atoms with E-state index in [-0.39, 0.29) is 6.04 Å². The zero-order chi connectivity index (χ0) is 18.1. The lowest BCUT2D eigenvalue weighted by atomic mass is 9.97. The van der Waals surface area contributed by atoms with E-state index in [1.54, 1.807) is 16.4 Å². The number of rotatable bonds is 3. The van der Waals surface area contributed by atoms with Crippen LogP contribution in [0, 0.1) is 0 Å². The molecule has 1 atom stereocenters. The molecule has 0 spiro atoms. The van der Waals surface area contributed by atoms with E-state index in [0.29, 0.717) is 11.4 Å². The van der Waals surface area contributed by atoms with Gasteiger partial charge in [0.15, 0.2) is 0 Å². The Bertz CT molecular complexity index is 1010. The Hall–Kier alpha value is -2.43. The van der Waals surface area contributed by atoms with E-state index >= 15 is 0 Å². The standard InChI is InChI=1S/C22H21NO2S/c1-17-15-20-9-5-6-10-21(20)16-23(17)26(24,25)22-13-11-19(12-14-22)18-7-3-2-4-8-18/h2-14,17H,15-16H2,1H3/t17-/m0/s1. The molecule has 0 amide bonds. The average molecular weight is 363 g/mol. The van der Waals surface area contributed by atoms with Gasteiger partial charge < -0.3 is 0 Å². The van der Waals surface area contributed by atoms with Crippen LogP contribution in [0.2, 0.25) is 0 Å². The predicted molar refractivity (Wildman–Crippen MR) is 104 cm³/mol. The second-order valence-corrected chi connectivity index (χ2v) is 8.65. The molecule has 0 N–H and O–H groups in total. The summed E-state index contributed by atoms with van der Waals surface area (Å²) in [7, 11) is -3.52. The van der Waals surface area contributed by atoms with Crippen molar-refractivity contribution >= 4 is 10.0 Å². The maximum atomic E-state index is 13.2. The van der Waals surface area contributed by atoms with Gasteiger partial charge in [-0.1, -0.05) is 66.7 Å². The summed E-state index contributed by atoms with van der Waals surface area (Å²) in [4.78, 5) is 0.350. The maximum Gasteiger partial charge on any atom is 0.243 e. The topological polar surface area (TPSA) is 37.4 Å². The zero-order valence-corrected chi connectivity index (χ0v) is 15.5. The molecule has 0 saturated heterocycles. The number of hydrogen-bond acceptors (Lipinski definition) is 2. The molecule has 3 aromatic rings. The minimum absolute atomic E-state index is 0.0521. The second-order valence-electron chi connectivity index (χ2n) is 6.76. The first-order valence-electron chi connectivity index (χ1n) is 8.80. The molecular formula is C22H21NO2S. The summed E-state index contributed by atoms with van der Waals surface area (Å²) in [6, 6.07) is 25.2. The summed E-state index contributed by atoms with van der Waals surface area (Å²) < 4.78 is 28.0. The molecule has 132 valence electrons. The van der Waals surface area contributed by atoms with Crippen molar-refractivity contribution in [3.63, 3.8) is 0 Å². The van der Waals surface area contributed by atoms with Crippen molar-refractivity contribution in [3.8, 4) is 11.1 Å². The van der Waals surface area contributed by atoms with Crippen LogP contribution < -0.4 is 0 Å². The van der Waals surface area contributed by atoms with E-state index in [0.717, 1.165) is 23.1 Å². The molecule has 0 unspecified atom stereocenters. The van der Waals surface area contributed by atoms with Gasteiger partial charge in [0.05, 0.1) is 4.90 Å². The van der Waals surface area contributed by atoms with E-state index in [4.69, 9.17) is 0 Å². The fraction of sp³-hybridized carbons (Fsp3) is 0.182. The summed E-state index contributed by atoms with van der Waals surface area (Å²) in [5.74, 6) is 0. The Morgan fingerprint density at radius 1 is 0.769 bits per heavy atom. The van der Waals surface area contributed by atoms with E-state index in [9.17, 15) is 8.42 Å². The molecule has 0 aliphatic carbocycles. The van der Waals surface area contributed by atoms with E-state index in [1.807, 2.05) is 67.6 Å². The molecule has 4 rings (SSSR count). The third kappa shape index (κ3) is 3.06. The molecule has 1 heterocycles. The molecular weight excluding hydrogens is 342 g/mol. The fourth-order valence-corrected chi connectivity index (χ4v) is 5.17. The van der Waals surface area contributed by atoms with Gasteiger partial charge in [0.25, 0.3) is 0 Å². The molecule has 4 heteroatoms. The maximum absolute atomic E-state index is 13.2. The Morgan fingerprint density at radius 3 is 2.04 bits per heavy atom. The molecule has 1 aliphatic heterocycles. The molecule has 1 aliphatic rings. The van der Waals surface area contributed by atoms with Gasteiger partial charge in [-0.2, -0.15) is 4.31 Å². The molecule has 26 heavy (non-hydrogen) atoms. The van der Waals surface area contributed by atoms with Gasteiger partial charge >= 0.3 is 0 Å². The summed E-state index contributed by atoms with van der Waals surface area (Å²) >= 11 is 0. The van der Waals surface area contributed by atoms with Crippen LogP contribution in [0.1, 0.15) is 18.1 Å². The molecule has 0 bridgehead atoms. The van der Waals surface area contributed by atoms with Crippen LogP contribution in [0.25, 0.3) is 11.1 Å². The zero-order valence-electron chi connectivity index (χ0n) is 14.7. The Labute approximate surface area is 155 Å². The highest BCUT2D eigenvalue weighted by molar-refractivity contribution is 7.89. The SMILES string of the molecule is C[C@H]1Cc2ccccc2CN1S(=O)(=O)c1ccc(-c2ccccc2)cc1. The van der Waals surface area contributed by atoms with E-state index in [2.05, 4.69) is 6.07 Å². The fourth-order valence-electron chi connectivity index (χ4n) is 3.56. The number of sulfonamides is 1. The normalized spacial score (nSPS) is 17.7. The van der Waals surface area contributed by atoms with Gasteiger partial charge in [-0.3, -0.25) is 0 Å². The van der Waals surface area contributed by atoms with Crippen molar-refractivity contribution in [1.82, 2.24) is 4.31 Å². The largest absolute Gasteiger partial charge is 0.243 e. The van der Waals surface area contributed by atoms with Crippen LogP contribution in [0.3, 0.4) is 0 Å². The van der Waals surface area contributed by atoms with Crippen LogP contribution >= 0.6 is 0 Å². The van der Waals surface area contributed by atoms with E-state index < -0.39 is 10.0 Å². The summed E-state index contributed by atoms with van der Waals surface area (Å²) in [6.07, 6.45) is 0.748. The molecule has 0 radical (unpaired) electrons. The summed E-state index contributed by atoms with van der Waals surface area (Å²) in [6.45, 7) is 2.41. The average Bonchev–Trinajstić information content (AvgIpc) is 2.68. The van der Waals surface area contributed by atoms with Crippen molar-refractivity contribution in [2.45, 2.75) is 30.8 Å². The summed E-state index contributed by atoms with van der Waals surface area (Å²) in [5.41, 5.74) is 4.43. The third-order valence-corrected chi connectivity index (χ3v) is 6.99. The molecule has 3 aromatic carbocycles. The Kier molecular flexibility index (Phi) is 4.39. The van der Waals surface area contributed by atoms with Crippen molar-refractivity contribution in [2.24, 2.45) is 0 Å². The minimum atomic E-state index is -3.52.